The third-order valence-electron chi connectivity index (χ3n) is 3.42. The molecular formula is C13H17N3O2. The van der Waals surface area contributed by atoms with Gasteiger partial charge in [-0.05, 0) is 12.5 Å². The number of hydrogen-bond donors (Lipinski definition) is 2. The Morgan fingerprint density at radius 3 is 2.72 bits per heavy atom. The molecule has 1 aromatic carbocycles. The molecule has 96 valence electrons. The van der Waals surface area contributed by atoms with Gasteiger partial charge in [0.15, 0.2) is 0 Å². The Kier molecular flexibility index (Phi) is 3.62. The van der Waals surface area contributed by atoms with E-state index in [1.807, 2.05) is 37.3 Å². The highest BCUT2D eigenvalue weighted by molar-refractivity contribution is 5.89. The molecule has 1 aliphatic heterocycles. The molecule has 18 heavy (non-hydrogen) atoms. The minimum atomic E-state index is -0.339. The molecule has 2 amide bonds. The van der Waals surface area contributed by atoms with Gasteiger partial charge in [0.1, 0.15) is 0 Å². The molecule has 0 aliphatic carbocycles. The Morgan fingerprint density at radius 2 is 2.11 bits per heavy atom. The smallest absolute Gasteiger partial charge is 0.239 e. The maximum atomic E-state index is 11.9. The predicted molar refractivity (Wildman–Crippen MR) is 67.0 cm³/mol. The zero-order valence-electron chi connectivity index (χ0n) is 10.3. The molecule has 1 fully saturated rings. The third-order valence-corrected chi connectivity index (χ3v) is 3.42. The van der Waals surface area contributed by atoms with Gasteiger partial charge in [0.2, 0.25) is 11.8 Å². The summed E-state index contributed by atoms with van der Waals surface area (Å²) in [5.74, 6) is 4.49. The highest BCUT2D eigenvalue weighted by Gasteiger charge is 2.36. The van der Waals surface area contributed by atoms with Gasteiger partial charge in [0, 0.05) is 13.0 Å². The number of likely N-dealkylation sites (tertiary alicyclic amines) is 1. The van der Waals surface area contributed by atoms with Crippen LogP contribution in [0.1, 0.15) is 24.9 Å². The summed E-state index contributed by atoms with van der Waals surface area (Å²) in [6.07, 6.45) is 0.236. The first kappa shape index (κ1) is 12.6. The fourth-order valence-electron chi connectivity index (χ4n) is 2.31. The predicted octanol–water partition coefficient (Wildman–Crippen LogP) is 0.586. The van der Waals surface area contributed by atoms with Crippen molar-refractivity contribution in [2.75, 3.05) is 6.54 Å². The van der Waals surface area contributed by atoms with E-state index in [1.54, 1.807) is 4.90 Å². The number of hydrazine groups is 1. The van der Waals surface area contributed by atoms with E-state index in [9.17, 15) is 9.59 Å². The van der Waals surface area contributed by atoms with E-state index in [2.05, 4.69) is 5.43 Å². The third kappa shape index (κ3) is 2.36. The first-order valence-electron chi connectivity index (χ1n) is 5.98. The van der Waals surface area contributed by atoms with Crippen molar-refractivity contribution >= 4 is 11.8 Å². The van der Waals surface area contributed by atoms with Crippen LogP contribution in [0.2, 0.25) is 0 Å². The zero-order chi connectivity index (χ0) is 13.1. The number of nitrogens with one attached hydrogen (secondary N) is 1. The molecule has 1 heterocycles. The molecule has 0 saturated carbocycles. The number of carbonyl (C=O) groups excluding carboxylic acids is 2. The van der Waals surface area contributed by atoms with Crippen LogP contribution in [-0.2, 0) is 9.59 Å². The standard InChI is InChI=1S/C13H17N3O2/c1-9(10-5-3-2-4-6-10)16-8-11(7-12(16)17)13(18)15-14/h2-6,9,11H,7-8,14H2,1H3,(H,15,18). The van der Waals surface area contributed by atoms with Gasteiger partial charge in [-0.3, -0.25) is 15.0 Å². The Labute approximate surface area is 106 Å². The summed E-state index contributed by atoms with van der Waals surface area (Å²) in [5, 5.41) is 0. The second kappa shape index (κ2) is 5.18. The molecule has 0 radical (unpaired) electrons. The lowest BCUT2D eigenvalue weighted by atomic mass is 10.1. The number of amides is 2. The van der Waals surface area contributed by atoms with Crippen molar-refractivity contribution in [2.45, 2.75) is 19.4 Å². The summed E-state index contributed by atoms with van der Waals surface area (Å²) in [7, 11) is 0. The van der Waals surface area contributed by atoms with Gasteiger partial charge < -0.3 is 4.90 Å². The average molecular weight is 247 g/mol. The van der Waals surface area contributed by atoms with Crippen LogP contribution in [0, 0.1) is 5.92 Å². The van der Waals surface area contributed by atoms with Gasteiger partial charge in [-0.1, -0.05) is 30.3 Å². The number of nitrogens with zero attached hydrogens (tertiary/aromatic N) is 1. The molecule has 0 aromatic heterocycles. The summed E-state index contributed by atoms with van der Waals surface area (Å²) >= 11 is 0. The normalized spacial score (nSPS) is 20.9. The Morgan fingerprint density at radius 1 is 1.44 bits per heavy atom. The fraction of sp³-hybridized carbons (Fsp3) is 0.385. The molecule has 1 aliphatic rings. The van der Waals surface area contributed by atoms with Gasteiger partial charge in [-0.15, -0.1) is 0 Å². The first-order valence-corrected chi connectivity index (χ1v) is 5.98. The number of hydrogen-bond acceptors (Lipinski definition) is 3. The molecule has 1 aromatic rings. The van der Waals surface area contributed by atoms with Crippen LogP contribution < -0.4 is 11.3 Å². The number of carbonyl (C=O) groups is 2. The highest BCUT2D eigenvalue weighted by Crippen LogP contribution is 2.28. The van der Waals surface area contributed by atoms with Crippen molar-refractivity contribution in [3.8, 4) is 0 Å². The zero-order valence-corrected chi connectivity index (χ0v) is 10.3. The van der Waals surface area contributed by atoms with Crippen LogP contribution in [0.3, 0.4) is 0 Å². The van der Waals surface area contributed by atoms with E-state index < -0.39 is 0 Å². The quantitative estimate of drug-likeness (QED) is 0.466. The minimum absolute atomic E-state index is 0.0000435. The lowest BCUT2D eigenvalue weighted by Crippen LogP contribution is -2.37. The van der Waals surface area contributed by atoms with Crippen molar-refractivity contribution in [1.29, 1.82) is 0 Å². The van der Waals surface area contributed by atoms with Crippen LogP contribution >= 0.6 is 0 Å². The second-order valence-corrected chi connectivity index (χ2v) is 4.54. The Bertz CT molecular complexity index is 447. The first-order chi connectivity index (χ1) is 8.63. The molecule has 1 saturated heterocycles. The van der Waals surface area contributed by atoms with Crippen LogP contribution in [0.25, 0.3) is 0 Å². The van der Waals surface area contributed by atoms with Crippen molar-refractivity contribution in [2.24, 2.45) is 11.8 Å². The van der Waals surface area contributed by atoms with E-state index in [0.717, 1.165) is 5.56 Å². The summed E-state index contributed by atoms with van der Waals surface area (Å²) in [5.41, 5.74) is 3.18. The lowest BCUT2D eigenvalue weighted by molar-refractivity contribution is -0.130. The summed E-state index contributed by atoms with van der Waals surface area (Å²) in [6, 6.07) is 9.76. The average Bonchev–Trinajstić information content (AvgIpc) is 2.80. The Balaban J connectivity index is 2.10. The van der Waals surface area contributed by atoms with E-state index in [1.165, 1.54) is 0 Å². The van der Waals surface area contributed by atoms with Crippen LogP contribution in [0.4, 0.5) is 0 Å². The molecule has 3 N–H and O–H groups in total. The van der Waals surface area contributed by atoms with Gasteiger partial charge in [-0.2, -0.15) is 0 Å². The minimum Gasteiger partial charge on any atom is -0.335 e. The highest BCUT2D eigenvalue weighted by atomic mass is 16.2. The molecule has 2 rings (SSSR count). The van der Waals surface area contributed by atoms with Crippen LogP contribution in [0.15, 0.2) is 30.3 Å². The van der Waals surface area contributed by atoms with Crippen LogP contribution in [-0.4, -0.2) is 23.3 Å². The molecular weight excluding hydrogens is 230 g/mol. The number of rotatable bonds is 3. The van der Waals surface area contributed by atoms with Crippen LogP contribution in [0.5, 0.6) is 0 Å². The summed E-state index contributed by atoms with van der Waals surface area (Å²) in [4.78, 5) is 25.1. The topological polar surface area (TPSA) is 75.4 Å². The fourth-order valence-corrected chi connectivity index (χ4v) is 2.31. The number of benzene rings is 1. The largest absolute Gasteiger partial charge is 0.335 e. The van der Waals surface area contributed by atoms with Gasteiger partial charge in [0.25, 0.3) is 0 Å². The van der Waals surface area contributed by atoms with E-state index in [4.69, 9.17) is 5.84 Å². The van der Waals surface area contributed by atoms with Crippen molar-refractivity contribution in [3.63, 3.8) is 0 Å². The molecule has 0 bridgehead atoms. The molecule has 5 heteroatoms. The maximum Gasteiger partial charge on any atom is 0.239 e. The molecule has 0 spiro atoms. The number of nitrogens with two attached hydrogens (primary N) is 1. The second-order valence-electron chi connectivity index (χ2n) is 4.54. The van der Waals surface area contributed by atoms with Gasteiger partial charge in [-0.25, -0.2) is 5.84 Å². The maximum absolute atomic E-state index is 11.9. The summed E-state index contributed by atoms with van der Waals surface area (Å²) in [6.45, 7) is 2.40. The van der Waals surface area contributed by atoms with Crippen molar-refractivity contribution in [3.05, 3.63) is 35.9 Å². The van der Waals surface area contributed by atoms with E-state index in [0.29, 0.717) is 6.54 Å². The van der Waals surface area contributed by atoms with E-state index in [-0.39, 0.29) is 30.2 Å². The molecule has 2 atom stereocenters. The van der Waals surface area contributed by atoms with Gasteiger partial charge in [0.05, 0.1) is 12.0 Å². The molecule has 5 nitrogen and oxygen atoms in total. The SMILES string of the molecule is CC(c1ccccc1)N1CC(C(=O)NN)CC1=O. The van der Waals surface area contributed by atoms with Crippen molar-refractivity contribution < 1.29 is 9.59 Å². The Hall–Kier alpha value is -1.88. The summed E-state index contributed by atoms with van der Waals surface area (Å²) < 4.78 is 0. The van der Waals surface area contributed by atoms with E-state index >= 15 is 0 Å². The molecule has 2 unspecified atom stereocenters. The lowest BCUT2D eigenvalue weighted by Gasteiger charge is -2.25. The van der Waals surface area contributed by atoms with Gasteiger partial charge >= 0.3 is 0 Å². The van der Waals surface area contributed by atoms with Crippen molar-refractivity contribution in [1.82, 2.24) is 10.3 Å². The monoisotopic (exact) mass is 247 g/mol.